The Morgan fingerprint density at radius 3 is 2.94 bits per heavy atom. The Hall–Kier alpha value is -1.42. The predicted octanol–water partition coefficient (Wildman–Crippen LogP) is 1.65. The molecule has 1 saturated heterocycles. The minimum absolute atomic E-state index is 0.0135. The average Bonchev–Trinajstić information content (AvgIpc) is 2.40. The van der Waals surface area contributed by atoms with E-state index in [-0.39, 0.29) is 11.9 Å². The maximum Gasteiger partial charge on any atom is 0.220 e. The first-order valence-corrected chi connectivity index (χ1v) is 6.66. The number of nitrogens with zero attached hydrogens (tertiary/aromatic N) is 1. The minimum atomic E-state index is -0.0135. The van der Waals surface area contributed by atoms with Crippen LogP contribution >= 0.6 is 0 Å². The second-order valence-electron chi connectivity index (χ2n) is 4.94. The van der Waals surface area contributed by atoms with Gasteiger partial charge in [0.2, 0.25) is 5.91 Å². The van der Waals surface area contributed by atoms with Gasteiger partial charge in [0.15, 0.2) is 0 Å². The second kappa shape index (κ2) is 6.50. The number of carbonyl (C=O) groups is 1. The van der Waals surface area contributed by atoms with Crippen LogP contribution in [0.15, 0.2) is 24.4 Å². The second-order valence-corrected chi connectivity index (χ2v) is 4.94. The standard InChI is InChI=1S/C14H21N3O/c1-11(13-4-2-3-7-16-13)17-14(18)10-12-5-8-15-9-6-12/h2-4,7,11-12,15H,5-6,8-10H2,1H3,(H,17,18)/t11-/m0/s1. The molecule has 1 aromatic rings. The van der Waals surface area contributed by atoms with E-state index in [0.717, 1.165) is 31.6 Å². The molecule has 0 spiro atoms. The summed E-state index contributed by atoms with van der Waals surface area (Å²) in [5.74, 6) is 0.669. The van der Waals surface area contributed by atoms with Crippen LogP contribution in [-0.4, -0.2) is 24.0 Å². The Kier molecular flexibility index (Phi) is 4.70. The Labute approximate surface area is 108 Å². The van der Waals surface area contributed by atoms with E-state index in [0.29, 0.717) is 12.3 Å². The van der Waals surface area contributed by atoms with Gasteiger partial charge in [0.1, 0.15) is 0 Å². The van der Waals surface area contributed by atoms with Crippen molar-refractivity contribution in [1.29, 1.82) is 0 Å². The van der Waals surface area contributed by atoms with Crippen LogP contribution in [0, 0.1) is 5.92 Å². The molecule has 4 heteroatoms. The number of piperidine rings is 1. The summed E-state index contributed by atoms with van der Waals surface area (Å²) >= 11 is 0. The van der Waals surface area contributed by atoms with Gasteiger partial charge in [0.25, 0.3) is 0 Å². The van der Waals surface area contributed by atoms with Gasteiger partial charge in [0, 0.05) is 12.6 Å². The number of amides is 1. The van der Waals surface area contributed by atoms with Crippen LogP contribution in [0.5, 0.6) is 0 Å². The van der Waals surface area contributed by atoms with E-state index in [1.54, 1.807) is 6.20 Å². The molecule has 0 aliphatic carbocycles. The molecule has 0 radical (unpaired) electrons. The van der Waals surface area contributed by atoms with Crippen molar-refractivity contribution < 1.29 is 4.79 Å². The van der Waals surface area contributed by atoms with Crippen LogP contribution in [0.2, 0.25) is 0 Å². The fraction of sp³-hybridized carbons (Fsp3) is 0.571. The van der Waals surface area contributed by atoms with E-state index < -0.39 is 0 Å². The lowest BCUT2D eigenvalue weighted by Crippen LogP contribution is -2.33. The van der Waals surface area contributed by atoms with Crippen LogP contribution in [0.25, 0.3) is 0 Å². The van der Waals surface area contributed by atoms with Gasteiger partial charge in [0.05, 0.1) is 11.7 Å². The van der Waals surface area contributed by atoms with Crippen molar-refractivity contribution in [2.24, 2.45) is 5.92 Å². The lowest BCUT2D eigenvalue weighted by molar-refractivity contribution is -0.122. The summed E-state index contributed by atoms with van der Waals surface area (Å²) in [5.41, 5.74) is 0.913. The summed E-state index contributed by atoms with van der Waals surface area (Å²) in [5, 5.41) is 6.33. The van der Waals surface area contributed by atoms with Crippen LogP contribution in [0.3, 0.4) is 0 Å². The molecule has 0 aromatic carbocycles. The summed E-state index contributed by atoms with van der Waals surface area (Å²) in [6, 6.07) is 5.75. The highest BCUT2D eigenvalue weighted by Gasteiger charge is 2.18. The average molecular weight is 247 g/mol. The van der Waals surface area contributed by atoms with E-state index in [1.165, 1.54) is 0 Å². The number of pyridine rings is 1. The van der Waals surface area contributed by atoms with E-state index in [4.69, 9.17) is 0 Å². The van der Waals surface area contributed by atoms with Crippen molar-refractivity contribution in [3.8, 4) is 0 Å². The minimum Gasteiger partial charge on any atom is -0.348 e. The predicted molar refractivity (Wildman–Crippen MR) is 71.0 cm³/mol. The number of nitrogens with one attached hydrogen (secondary N) is 2. The molecule has 4 nitrogen and oxygen atoms in total. The molecule has 1 atom stereocenters. The van der Waals surface area contributed by atoms with E-state index in [9.17, 15) is 4.79 Å². The highest BCUT2D eigenvalue weighted by Crippen LogP contribution is 2.16. The number of aromatic nitrogens is 1. The molecule has 1 fully saturated rings. The summed E-state index contributed by atoms with van der Waals surface area (Å²) < 4.78 is 0. The SMILES string of the molecule is C[C@H](NC(=O)CC1CCNCC1)c1ccccn1. The number of rotatable bonds is 4. The zero-order valence-corrected chi connectivity index (χ0v) is 10.9. The third kappa shape index (κ3) is 3.81. The van der Waals surface area contributed by atoms with E-state index in [2.05, 4.69) is 15.6 Å². The largest absolute Gasteiger partial charge is 0.348 e. The maximum atomic E-state index is 11.9. The summed E-state index contributed by atoms with van der Waals surface area (Å²) in [6.45, 7) is 4.05. The first-order chi connectivity index (χ1) is 8.75. The van der Waals surface area contributed by atoms with E-state index in [1.807, 2.05) is 25.1 Å². The lowest BCUT2D eigenvalue weighted by atomic mass is 9.94. The van der Waals surface area contributed by atoms with Crippen molar-refractivity contribution in [3.05, 3.63) is 30.1 Å². The molecule has 2 heterocycles. The molecule has 1 aliphatic heterocycles. The smallest absolute Gasteiger partial charge is 0.220 e. The van der Waals surface area contributed by atoms with Crippen LogP contribution < -0.4 is 10.6 Å². The first kappa shape index (κ1) is 13.0. The zero-order valence-electron chi connectivity index (χ0n) is 10.9. The Bertz CT molecular complexity index is 374. The number of hydrogen-bond donors (Lipinski definition) is 2. The van der Waals surface area contributed by atoms with Crippen molar-refractivity contribution >= 4 is 5.91 Å². The van der Waals surface area contributed by atoms with Gasteiger partial charge in [-0.15, -0.1) is 0 Å². The maximum absolute atomic E-state index is 11.9. The van der Waals surface area contributed by atoms with Crippen LogP contribution in [0.4, 0.5) is 0 Å². The zero-order chi connectivity index (χ0) is 12.8. The van der Waals surface area contributed by atoms with Gasteiger partial charge in [-0.2, -0.15) is 0 Å². The fourth-order valence-electron chi connectivity index (χ4n) is 2.35. The van der Waals surface area contributed by atoms with Crippen molar-refractivity contribution in [2.75, 3.05) is 13.1 Å². The summed E-state index contributed by atoms with van der Waals surface area (Å²) in [7, 11) is 0. The molecular weight excluding hydrogens is 226 g/mol. The van der Waals surface area contributed by atoms with E-state index >= 15 is 0 Å². The van der Waals surface area contributed by atoms with Gasteiger partial charge in [-0.25, -0.2) is 0 Å². The molecule has 98 valence electrons. The molecule has 0 saturated carbocycles. The van der Waals surface area contributed by atoms with Gasteiger partial charge in [-0.3, -0.25) is 9.78 Å². The highest BCUT2D eigenvalue weighted by molar-refractivity contribution is 5.76. The molecule has 2 N–H and O–H groups in total. The quantitative estimate of drug-likeness (QED) is 0.850. The summed E-state index contributed by atoms with van der Waals surface area (Å²) in [6.07, 6.45) is 4.60. The molecule has 0 unspecified atom stereocenters. The van der Waals surface area contributed by atoms with Gasteiger partial charge in [-0.05, 0) is 50.9 Å². The topological polar surface area (TPSA) is 54.0 Å². The molecule has 1 aromatic heterocycles. The third-order valence-electron chi connectivity index (χ3n) is 3.44. The number of hydrogen-bond acceptors (Lipinski definition) is 3. The fourth-order valence-corrected chi connectivity index (χ4v) is 2.35. The normalized spacial score (nSPS) is 18.3. The third-order valence-corrected chi connectivity index (χ3v) is 3.44. The lowest BCUT2D eigenvalue weighted by Gasteiger charge is -2.22. The van der Waals surface area contributed by atoms with Gasteiger partial charge in [-0.1, -0.05) is 6.07 Å². The molecule has 2 rings (SSSR count). The molecule has 0 bridgehead atoms. The Morgan fingerprint density at radius 2 is 2.28 bits per heavy atom. The van der Waals surface area contributed by atoms with Crippen molar-refractivity contribution in [2.45, 2.75) is 32.2 Å². The highest BCUT2D eigenvalue weighted by atomic mass is 16.1. The van der Waals surface area contributed by atoms with Crippen molar-refractivity contribution in [1.82, 2.24) is 15.6 Å². The van der Waals surface area contributed by atoms with Crippen molar-refractivity contribution in [3.63, 3.8) is 0 Å². The van der Waals surface area contributed by atoms with Crippen LogP contribution in [0.1, 0.15) is 37.9 Å². The molecule has 1 aliphatic rings. The molecule has 1 amide bonds. The van der Waals surface area contributed by atoms with Gasteiger partial charge < -0.3 is 10.6 Å². The first-order valence-electron chi connectivity index (χ1n) is 6.66. The number of carbonyl (C=O) groups excluding carboxylic acids is 1. The summed E-state index contributed by atoms with van der Waals surface area (Å²) in [4.78, 5) is 16.2. The Balaban J connectivity index is 1.80. The molecule has 18 heavy (non-hydrogen) atoms. The van der Waals surface area contributed by atoms with Gasteiger partial charge >= 0.3 is 0 Å². The van der Waals surface area contributed by atoms with Crippen LogP contribution in [-0.2, 0) is 4.79 Å². The monoisotopic (exact) mass is 247 g/mol. The molecular formula is C14H21N3O. The Morgan fingerprint density at radius 1 is 1.50 bits per heavy atom.